The summed E-state index contributed by atoms with van der Waals surface area (Å²) in [5.74, 6) is -1.22. The number of carboxylic acid groups (broad SMARTS) is 1. The van der Waals surface area contributed by atoms with Crippen LogP contribution in [0, 0.1) is 5.92 Å². The monoisotopic (exact) mass is 175 g/mol. The molecule has 4 nitrogen and oxygen atoms in total. The fraction of sp³-hybridized carbons (Fsp3) is 0.875. The summed E-state index contributed by atoms with van der Waals surface area (Å²) in [6.07, 6.45) is 2.65. The van der Waals surface area contributed by atoms with Gasteiger partial charge in [-0.3, -0.25) is 4.79 Å². The quantitative estimate of drug-likeness (QED) is 0.482. The molecule has 0 spiro atoms. The van der Waals surface area contributed by atoms with E-state index < -0.39 is 11.9 Å². The Labute approximate surface area is 72.4 Å². The summed E-state index contributed by atoms with van der Waals surface area (Å²) in [7, 11) is 0. The van der Waals surface area contributed by atoms with Crippen LogP contribution in [0.15, 0.2) is 0 Å². The van der Waals surface area contributed by atoms with E-state index in [9.17, 15) is 4.79 Å². The van der Waals surface area contributed by atoms with Crippen LogP contribution in [0.4, 0.5) is 0 Å². The van der Waals surface area contributed by atoms with Crippen molar-refractivity contribution in [3.05, 3.63) is 0 Å². The SMILES string of the molecule is NCCCCC(CCO)C(=O)O. The molecular formula is C8H17NO3. The maximum Gasteiger partial charge on any atom is 0.306 e. The van der Waals surface area contributed by atoms with Gasteiger partial charge in [0, 0.05) is 6.61 Å². The lowest BCUT2D eigenvalue weighted by Crippen LogP contribution is -2.15. The molecule has 4 heteroatoms. The molecule has 0 aromatic heterocycles. The highest BCUT2D eigenvalue weighted by atomic mass is 16.4. The molecule has 0 aromatic rings. The Balaban J connectivity index is 3.56. The van der Waals surface area contributed by atoms with Crippen LogP contribution in [0.5, 0.6) is 0 Å². The summed E-state index contributed by atoms with van der Waals surface area (Å²) in [4.78, 5) is 10.5. The van der Waals surface area contributed by atoms with E-state index in [-0.39, 0.29) is 6.61 Å². The third-order valence-electron chi connectivity index (χ3n) is 1.83. The number of hydrogen-bond acceptors (Lipinski definition) is 3. The lowest BCUT2D eigenvalue weighted by molar-refractivity contribution is -0.142. The number of aliphatic hydroxyl groups excluding tert-OH is 1. The Kier molecular flexibility index (Phi) is 6.70. The average molecular weight is 175 g/mol. The van der Waals surface area contributed by atoms with Crippen LogP contribution in [0.25, 0.3) is 0 Å². The van der Waals surface area contributed by atoms with Crippen LogP contribution < -0.4 is 5.73 Å². The van der Waals surface area contributed by atoms with Crippen molar-refractivity contribution in [2.45, 2.75) is 25.7 Å². The van der Waals surface area contributed by atoms with E-state index in [4.69, 9.17) is 15.9 Å². The first kappa shape index (κ1) is 11.4. The van der Waals surface area contributed by atoms with Crippen LogP contribution in [0.2, 0.25) is 0 Å². The van der Waals surface area contributed by atoms with Gasteiger partial charge < -0.3 is 15.9 Å². The molecular weight excluding hydrogens is 158 g/mol. The van der Waals surface area contributed by atoms with Gasteiger partial charge in [0.05, 0.1) is 5.92 Å². The highest BCUT2D eigenvalue weighted by Gasteiger charge is 2.15. The van der Waals surface area contributed by atoms with Crippen molar-refractivity contribution in [2.75, 3.05) is 13.2 Å². The zero-order chi connectivity index (χ0) is 9.40. The third-order valence-corrected chi connectivity index (χ3v) is 1.83. The second-order valence-corrected chi connectivity index (χ2v) is 2.83. The molecule has 0 amide bonds. The summed E-state index contributed by atoms with van der Waals surface area (Å²) in [5, 5.41) is 17.2. The van der Waals surface area contributed by atoms with Crippen molar-refractivity contribution < 1.29 is 15.0 Å². The van der Waals surface area contributed by atoms with Gasteiger partial charge in [0.1, 0.15) is 0 Å². The van der Waals surface area contributed by atoms with E-state index in [1.165, 1.54) is 0 Å². The highest BCUT2D eigenvalue weighted by molar-refractivity contribution is 5.69. The molecule has 0 aliphatic rings. The maximum atomic E-state index is 10.5. The van der Waals surface area contributed by atoms with E-state index in [1.54, 1.807) is 0 Å². The van der Waals surface area contributed by atoms with Gasteiger partial charge in [-0.1, -0.05) is 6.42 Å². The minimum absolute atomic E-state index is 0.0560. The van der Waals surface area contributed by atoms with E-state index in [1.807, 2.05) is 0 Å². The average Bonchev–Trinajstić information content (AvgIpc) is 2.03. The molecule has 0 fully saturated rings. The number of carbonyl (C=O) groups is 1. The van der Waals surface area contributed by atoms with Crippen LogP contribution in [-0.2, 0) is 4.79 Å². The normalized spacial score (nSPS) is 12.8. The number of rotatable bonds is 7. The van der Waals surface area contributed by atoms with Crippen molar-refractivity contribution in [3.8, 4) is 0 Å². The molecule has 4 N–H and O–H groups in total. The van der Waals surface area contributed by atoms with Crippen molar-refractivity contribution >= 4 is 5.97 Å². The number of hydrogen-bond donors (Lipinski definition) is 3. The second-order valence-electron chi connectivity index (χ2n) is 2.83. The Hall–Kier alpha value is -0.610. The van der Waals surface area contributed by atoms with Gasteiger partial charge in [-0.2, -0.15) is 0 Å². The van der Waals surface area contributed by atoms with Crippen molar-refractivity contribution in [1.82, 2.24) is 0 Å². The summed E-state index contributed by atoms with van der Waals surface area (Å²) in [5.41, 5.74) is 5.27. The standard InChI is InChI=1S/C8H17NO3/c9-5-2-1-3-7(4-6-10)8(11)12/h7,10H,1-6,9H2,(H,11,12). The van der Waals surface area contributed by atoms with Crippen LogP contribution >= 0.6 is 0 Å². The van der Waals surface area contributed by atoms with Crippen molar-refractivity contribution in [1.29, 1.82) is 0 Å². The topological polar surface area (TPSA) is 83.5 Å². The van der Waals surface area contributed by atoms with E-state index in [0.717, 1.165) is 12.8 Å². The van der Waals surface area contributed by atoms with E-state index in [0.29, 0.717) is 19.4 Å². The molecule has 0 heterocycles. The van der Waals surface area contributed by atoms with Gasteiger partial charge in [0.2, 0.25) is 0 Å². The number of aliphatic hydroxyl groups is 1. The van der Waals surface area contributed by atoms with Crippen molar-refractivity contribution in [2.24, 2.45) is 11.7 Å². The van der Waals surface area contributed by atoms with Gasteiger partial charge in [0.15, 0.2) is 0 Å². The molecule has 12 heavy (non-hydrogen) atoms. The van der Waals surface area contributed by atoms with Gasteiger partial charge >= 0.3 is 5.97 Å². The highest BCUT2D eigenvalue weighted by Crippen LogP contribution is 2.12. The predicted molar refractivity (Wildman–Crippen MR) is 45.7 cm³/mol. The molecule has 0 bridgehead atoms. The molecule has 0 saturated heterocycles. The molecule has 72 valence electrons. The van der Waals surface area contributed by atoms with Gasteiger partial charge in [0.25, 0.3) is 0 Å². The van der Waals surface area contributed by atoms with Crippen LogP contribution in [-0.4, -0.2) is 29.3 Å². The lowest BCUT2D eigenvalue weighted by atomic mass is 9.99. The van der Waals surface area contributed by atoms with E-state index >= 15 is 0 Å². The zero-order valence-corrected chi connectivity index (χ0v) is 7.20. The molecule has 1 atom stereocenters. The zero-order valence-electron chi connectivity index (χ0n) is 7.20. The smallest absolute Gasteiger partial charge is 0.306 e. The first-order chi connectivity index (χ1) is 5.72. The molecule has 0 radical (unpaired) electrons. The third kappa shape index (κ3) is 5.09. The summed E-state index contributed by atoms with van der Waals surface area (Å²) in [6.45, 7) is 0.547. The number of aliphatic carboxylic acids is 1. The molecule has 0 aromatic carbocycles. The van der Waals surface area contributed by atoms with Crippen molar-refractivity contribution in [3.63, 3.8) is 0 Å². The van der Waals surface area contributed by atoms with E-state index in [2.05, 4.69) is 0 Å². The molecule has 0 rings (SSSR count). The minimum Gasteiger partial charge on any atom is -0.481 e. The first-order valence-electron chi connectivity index (χ1n) is 4.26. The number of nitrogens with two attached hydrogens (primary N) is 1. The maximum absolute atomic E-state index is 10.5. The fourth-order valence-electron chi connectivity index (χ4n) is 1.08. The Morgan fingerprint density at radius 2 is 2.00 bits per heavy atom. The van der Waals surface area contributed by atoms with Crippen LogP contribution in [0.3, 0.4) is 0 Å². The molecule has 0 saturated carbocycles. The summed E-state index contributed by atoms with van der Waals surface area (Å²) < 4.78 is 0. The minimum atomic E-state index is -0.818. The second kappa shape index (κ2) is 7.06. The predicted octanol–water partition coefficient (Wildman–Crippen LogP) is 0.199. The Bertz CT molecular complexity index is 127. The molecule has 1 unspecified atom stereocenters. The number of carboxylic acids is 1. The lowest BCUT2D eigenvalue weighted by Gasteiger charge is -2.09. The summed E-state index contributed by atoms with van der Waals surface area (Å²) in [6, 6.07) is 0. The largest absolute Gasteiger partial charge is 0.481 e. The first-order valence-corrected chi connectivity index (χ1v) is 4.26. The Morgan fingerprint density at radius 1 is 1.33 bits per heavy atom. The van der Waals surface area contributed by atoms with Crippen LogP contribution in [0.1, 0.15) is 25.7 Å². The molecule has 0 aliphatic heterocycles. The van der Waals surface area contributed by atoms with Gasteiger partial charge in [-0.05, 0) is 25.8 Å². The number of unbranched alkanes of at least 4 members (excludes halogenated alkanes) is 1. The Morgan fingerprint density at radius 3 is 2.42 bits per heavy atom. The summed E-state index contributed by atoms with van der Waals surface area (Å²) >= 11 is 0. The van der Waals surface area contributed by atoms with Gasteiger partial charge in [-0.15, -0.1) is 0 Å². The van der Waals surface area contributed by atoms with Gasteiger partial charge in [-0.25, -0.2) is 0 Å². The fourth-order valence-corrected chi connectivity index (χ4v) is 1.08. The molecule has 0 aliphatic carbocycles.